The highest BCUT2D eigenvalue weighted by molar-refractivity contribution is 5.32. The number of nitrogens with zero attached hydrogens (tertiary/aromatic N) is 3. The normalized spacial score (nSPS) is 21.9. The van der Waals surface area contributed by atoms with Gasteiger partial charge in [-0.15, -0.1) is 0 Å². The summed E-state index contributed by atoms with van der Waals surface area (Å²) in [6.07, 6.45) is 5.88. The number of anilines is 1. The minimum absolute atomic E-state index is 0.699. The first kappa shape index (κ1) is 10.0. The van der Waals surface area contributed by atoms with E-state index in [0.29, 0.717) is 5.92 Å². The van der Waals surface area contributed by atoms with Gasteiger partial charge in [0.2, 0.25) is 5.95 Å². The Bertz CT molecular complexity index is 356. The molecule has 2 fully saturated rings. The van der Waals surface area contributed by atoms with Crippen LogP contribution in [0.4, 0.5) is 5.95 Å². The molecule has 2 aliphatic rings. The van der Waals surface area contributed by atoms with Gasteiger partial charge >= 0.3 is 0 Å². The SMILES string of the molecule is c1cc(C2CCC2)nc(N2CCNCC2)n1. The molecule has 0 atom stereocenters. The Morgan fingerprint density at radius 1 is 1.25 bits per heavy atom. The average molecular weight is 218 g/mol. The van der Waals surface area contributed by atoms with Crippen LogP contribution in [0.2, 0.25) is 0 Å². The van der Waals surface area contributed by atoms with Crippen molar-refractivity contribution < 1.29 is 0 Å². The molecule has 86 valence electrons. The Morgan fingerprint density at radius 2 is 2.06 bits per heavy atom. The second-order valence-electron chi connectivity index (χ2n) is 4.65. The third-order valence-corrected chi connectivity index (χ3v) is 3.59. The van der Waals surface area contributed by atoms with Gasteiger partial charge in [-0.2, -0.15) is 0 Å². The van der Waals surface area contributed by atoms with Crippen molar-refractivity contribution in [2.45, 2.75) is 25.2 Å². The molecule has 0 bridgehead atoms. The molecule has 1 aliphatic carbocycles. The predicted molar refractivity (Wildman–Crippen MR) is 63.7 cm³/mol. The van der Waals surface area contributed by atoms with Gasteiger partial charge in [-0.3, -0.25) is 0 Å². The summed E-state index contributed by atoms with van der Waals surface area (Å²) in [7, 11) is 0. The molecule has 1 aromatic rings. The van der Waals surface area contributed by atoms with Gasteiger partial charge < -0.3 is 10.2 Å². The van der Waals surface area contributed by atoms with Gasteiger partial charge in [-0.1, -0.05) is 6.42 Å². The van der Waals surface area contributed by atoms with Crippen molar-refractivity contribution in [3.8, 4) is 0 Å². The van der Waals surface area contributed by atoms with E-state index in [1.165, 1.54) is 25.0 Å². The molecule has 0 spiro atoms. The van der Waals surface area contributed by atoms with E-state index in [0.717, 1.165) is 32.1 Å². The molecule has 1 aliphatic heterocycles. The summed E-state index contributed by atoms with van der Waals surface area (Å²) in [5, 5.41) is 3.35. The van der Waals surface area contributed by atoms with E-state index < -0.39 is 0 Å². The lowest BCUT2D eigenvalue weighted by atomic mass is 9.83. The molecule has 3 rings (SSSR count). The van der Waals surface area contributed by atoms with Crippen LogP contribution in [0, 0.1) is 0 Å². The van der Waals surface area contributed by atoms with Crippen molar-refractivity contribution in [2.75, 3.05) is 31.1 Å². The predicted octanol–water partition coefficient (Wildman–Crippen LogP) is 1.15. The fourth-order valence-electron chi connectivity index (χ4n) is 2.31. The van der Waals surface area contributed by atoms with Crippen LogP contribution in [-0.4, -0.2) is 36.1 Å². The lowest BCUT2D eigenvalue weighted by Crippen LogP contribution is -2.44. The van der Waals surface area contributed by atoms with E-state index in [1.54, 1.807) is 0 Å². The van der Waals surface area contributed by atoms with Gasteiger partial charge in [-0.05, 0) is 18.9 Å². The lowest BCUT2D eigenvalue weighted by molar-refractivity contribution is 0.410. The number of nitrogens with one attached hydrogen (secondary N) is 1. The minimum atomic E-state index is 0.699. The highest BCUT2D eigenvalue weighted by Crippen LogP contribution is 2.35. The molecule has 0 amide bonds. The molecule has 0 unspecified atom stereocenters. The third kappa shape index (κ3) is 1.89. The minimum Gasteiger partial charge on any atom is -0.338 e. The molecule has 0 radical (unpaired) electrons. The lowest BCUT2D eigenvalue weighted by Gasteiger charge is -2.29. The molecule has 1 N–H and O–H groups in total. The van der Waals surface area contributed by atoms with E-state index in [-0.39, 0.29) is 0 Å². The highest BCUT2D eigenvalue weighted by atomic mass is 15.3. The van der Waals surface area contributed by atoms with Crippen molar-refractivity contribution in [1.29, 1.82) is 0 Å². The Morgan fingerprint density at radius 3 is 2.75 bits per heavy atom. The smallest absolute Gasteiger partial charge is 0.225 e. The summed E-state index contributed by atoms with van der Waals surface area (Å²) in [5.74, 6) is 1.62. The standard InChI is InChI=1S/C12H18N4/c1-2-10(3-1)11-4-5-14-12(15-11)16-8-6-13-7-9-16/h4-5,10,13H,1-3,6-9H2. The van der Waals surface area contributed by atoms with Crippen LogP contribution in [0.1, 0.15) is 30.9 Å². The van der Waals surface area contributed by atoms with Crippen LogP contribution in [-0.2, 0) is 0 Å². The summed E-state index contributed by atoms with van der Waals surface area (Å²) >= 11 is 0. The molecule has 1 saturated heterocycles. The summed E-state index contributed by atoms with van der Waals surface area (Å²) < 4.78 is 0. The van der Waals surface area contributed by atoms with Crippen molar-refractivity contribution in [3.05, 3.63) is 18.0 Å². The highest BCUT2D eigenvalue weighted by Gasteiger charge is 2.22. The fraction of sp³-hybridized carbons (Fsp3) is 0.667. The van der Waals surface area contributed by atoms with Crippen LogP contribution < -0.4 is 10.2 Å². The van der Waals surface area contributed by atoms with Crippen LogP contribution in [0.5, 0.6) is 0 Å². The maximum absolute atomic E-state index is 4.71. The number of piperazine rings is 1. The van der Waals surface area contributed by atoms with Crippen LogP contribution >= 0.6 is 0 Å². The monoisotopic (exact) mass is 218 g/mol. The van der Waals surface area contributed by atoms with E-state index in [4.69, 9.17) is 4.98 Å². The fourth-order valence-corrected chi connectivity index (χ4v) is 2.31. The summed E-state index contributed by atoms with van der Waals surface area (Å²) in [6.45, 7) is 4.12. The summed E-state index contributed by atoms with van der Waals surface area (Å²) in [6, 6.07) is 2.08. The average Bonchev–Trinajstić information content (AvgIpc) is 2.28. The molecule has 16 heavy (non-hydrogen) atoms. The van der Waals surface area contributed by atoms with Crippen LogP contribution in [0.3, 0.4) is 0 Å². The van der Waals surface area contributed by atoms with Crippen molar-refractivity contribution in [3.63, 3.8) is 0 Å². The van der Waals surface area contributed by atoms with Crippen molar-refractivity contribution in [1.82, 2.24) is 15.3 Å². The van der Waals surface area contributed by atoms with Gasteiger partial charge in [0.25, 0.3) is 0 Å². The zero-order chi connectivity index (χ0) is 10.8. The van der Waals surface area contributed by atoms with Gasteiger partial charge in [0.15, 0.2) is 0 Å². The summed E-state index contributed by atoms with van der Waals surface area (Å²) in [4.78, 5) is 11.4. The number of aromatic nitrogens is 2. The molecule has 1 saturated carbocycles. The zero-order valence-electron chi connectivity index (χ0n) is 9.52. The van der Waals surface area contributed by atoms with Crippen molar-refractivity contribution in [2.24, 2.45) is 0 Å². The van der Waals surface area contributed by atoms with Gasteiger partial charge in [0.05, 0.1) is 0 Å². The Hall–Kier alpha value is -1.16. The van der Waals surface area contributed by atoms with Gasteiger partial charge in [0, 0.05) is 44.0 Å². The van der Waals surface area contributed by atoms with Gasteiger partial charge in [0.1, 0.15) is 0 Å². The molecule has 4 heteroatoms. The van der Waals surface area contributed by atoms with E-state index in [2.05, 4.69) is 21.3 Å². The van der Waals surface area contributed by atoms with Gasteiger partial charge in [-0.25, -0.2) is 9.97 Å². The Balaban J connectivity index is 1.77. The zero-order valence-corrected chi connectivity index (χ0v) is 9.52. The topological polar surface area (TPSA) is 41.1 Å². The largest absolute Gasteiger partial charge is 0.338 e. The Kier molecular flexibility index (Phi) is 2.74. The van der Waals surface area contributed by atoms with E-state index in [9.17, 15) is 0 Å². The van der Waals surface area contributed by atoms with Crippen molar-refractivity contribution >= 4 is 5.95 Å². The first-order valence-corrected chi connectivity index (χ1v) is 6.22. The maximum atomic E-state index is 4.71. The quantitative estimate of drug-likeness (QED) is 0.808. The Labute approximate surface area is 96.1 Å². The maximum Gasteiger partial charge on any atom is 0.225 e. The molecule has 0 aromatic carbocycles. The number of rotatable bonds is 2. The number of hydrogen-bond acceptors (Lipinski definition) is 4. The van der Waals surface area contributed by atoms with E-state index >= 15 is 0 Å². The molecular formula is C12H18N4. The second-order valence-corrected chi connectivity index (χ2v) is 4.65. The summed E-state index contributed by atoms with van der Waals surface area (Å²) in [5.41, 5.74) is 1.25. The van der Waals surface area contributed by atoms with E-state index in [1.807, 2.05) is 6.20 Å². The molecular weight excluding hydrogens is 200 g/mol. The molecule has 2 heterocycles. The number of hydrogen-bond donors (Lipinski definition) is 1. The van der Waals surface area contributed by atoms with Crippen LogP contribution in [0.25, 0.3) is 0 Å². The van der Waals surface area contributed by atoms with Crippen LogP contribution in [0.15, 0.2) is 12.3 Å². The third-order valence-electron chi connectivity index (χ3n) is 3.59. The first-order valence-electron chi connectivity index (χ1n) is 6.22. The first-order chi connectivity index (χ1) is 7.93. The second kappa shape index (κ2) is 4.37. The molecule has 4 nitrogen and oxygen atoms in total. The molecule has 1 aromatic heterocycles.